The van der Waals surface area contributed by atoms with Crippen LogP contribution in [0.3, 0.4) is 0 Å². The third kappa shape index (κ3) is 2.77. The molecule has 2 aromatic heterocycles. The first-order valence-electron chi connectivity index (χ1n) is 5.68. The number of amides is 1. The fourth-order valence-corrected chi connectivity index (χ4v) is 1.96. The van der Waals surface area contributed by atoms with Crippen molar-refractivity contribution in [2.75, 3.05) is 0 Å². The highest BCUT2D eigenvalue weighted by Gasteiger charge is 2.24. The zero-order valence-corrected chi connectivity index (χ0v) is 11.3. The molecule has 2 rings (SSSR count). The summed E-state index contributed by atoms with van der Waals surface area (Å²) >= 11 is 5.66. The van der Waals surface area contributed by atoms with Gasteiger partial charge in [0.05, 0.1) is 11.5 Å². The molecule has 0 spiro atoms. The Morgan fingerprint density at radius 2 is 2.30 bits per heavy atom. The van der Waals surface area contributed by atoms with Crippen molar-refractivity contribution in [1.82, 2.24) is 14.9 Å². The number of carbonyl (C=O) groups excluding carboxylic acids is 1. The van der Waals surface area contributed by atoms with Crippen LogP contribution >= 0.6 is 11.6 Å². The zero-order valence-electron chi connectivity index (χ0n) is 10.5. The summed E-state index contributed by atoms with van der Waals surface area (Å²) in [5.41, 5.74) is 0.281. The van der Waals surface area contributed by atoms with E-state index in [-0.39, 0.29) is 17.3 Å². The first-order chi connectivity index (χ1) is 9.50. The number of hydrogen-bond donors (Lipinski definition) is 1. The largest absolute Gasteiger partial charge is 0.353 e. The topological polar surface area (TPSA) is 90.1 Å². The molecule has 0 unspecified atom stereocenters. The van der Waals surface area contributed by atoms with E-state index in [1.54, 1.807) is 0 Å². The second kappa shape index (κ2) is 5.70. The minimum absolute atomic E-state index is 0.107. The number of aryl methyl sites for hydroxylation is 1. The van der Waals surface area contributed by atoms with Crippen molar-refractivity contribution >= 4 is 23.2 Å². The van der Waals surface area contributed by atoms with Gasteiger partial charge in [-0.15, -0.1) is 0 Å². The van der Waals surface area contributed by atoms with E-state index in [0.717, 1.165) is 5.69 Å². The number of carbonyl (C=O) groups is 1. The number of halogens is 1. The Labute approximate surface area is 119 Å². The van der Waals surface area contributed by atoms with E-state index in [9.17, 15) is 14.9 Å². The van der Waals surface area contributed by atoms with E-state index in [1.165, 1.54) is 12.3 Å². The standard InChI is InChI=1S/C12H11ClN4O3/c1-16-6-2-3-8(16)7-15-12(18)9-4-5-14-11(13)10(9)17(19)20/h2-6H,7H2,1H3,(H,15,18). The molecule has 0 fully saturated rings. The van der Waals surface area contributed by atoms with Crippen LogP contribution in [0.2, 0.25) is 5.15 Å². The summed E-state index contributed by atoms with van der Waals surface area (Å²) in [6.07, 6.45) is 3.10. The number of nitrogens with zero attached hydrogens (tertiary/aromatic N) is 3. The van der Waals surface area contributed by atoms with Crippen LogP contribution in [0.15, 0.2) is 30.6 Å². The minimum atomic E-state index is -0.716. The van der Waals surface area contributed by atoms with E-state index in [2.05, 4.69) is 10.3 Å². The summed E-state index contributed by atoms with van der Waals surface area (Å²) in [6.45, 7) is 0.263. The summed E-state index contributed by atoms with van der Waals surface area (Å²) in [4.78, 5) is 25.8. The second-order valence-electron chi connectivity index (χ2n) is 4.05. The van der Waals surface area contributed by atoms with E-state index in [4.69, 9.17) is 11.6 Å². The molecule has 2 heterocycles. The van der Waals surface area contributed by atoms with Gasteiger partial charge in [0.2, 0.25) is 5.15 Å². The van der Waals surface area contributed by atoms with Gasteiger partial charge >= 0.3 is 5.69 Å². The van der Waals surface area contributed by atoms with Crippen LogP contribution in [0.5, 0.6) is 0 Å². The van der Waals surface area contributed by atoms with Crippen LogP contribution in [-0.4, -0.2) is 20.4 Å². The molecule has 20 heavy (non-hydrogen) atoms. The predicted octanol–water partition coefficient (Wildman–Crippen LogP) is 1.91. The van der Waals surface area contributed by atoms with Crippen LogP contribution in [0, 0.1) is 10.1 Å². The van der Waals surface area contributed by atoms with Crippen LogP contribution < -0.4 is 5.32 Å². The maximum Gasteiger partial charge on any atom is 0.319 e. The first kappa shape index (κ1) is 14.0. The Hall–Kier alpha value is -2.41. The molecule has 0 aliphatic rings. The van der Waals surface area contributed by atoms with Crippen molar-refractivity contribution in [1.29, 1.82) is 0 Å². The molecule has 1 amide bonds. The molecule has 0 aromatic carbocycles. The highest BCUT2D eigenvalue weighted by Crippen LogP contribution is 2.25. The van der Waals surface area contributed by atoms with Gasteiger partial charge in [0.25, 0.3) is 5.91 Å². The van der Waals surface area contributed by atoms with E-state index >= 15 is 0 Å². The van der Waals surface area contributed by atoms with Gasteiger partial charge in [-0.05, 0) is 18.2 Å². The normalized spacial score (nSPS) is 10.3. The minimum Gasteiger partial charge on any atom is -0.353 e. The van der Waals surface area contributed by atoms with Crippen molar-refractivity contribution in [2.24, 2.45) is 7.05 Å². The molecule has 0 bridgehead atoms. The lowest BCUT2D eigenvalue weighted by molar-refractivity contribution is -0.385. The molecule has 8 heteroatoms. The van der Waals surface area contributed by atoms with Gasteiger partial charge in [-0.25, -0.2) is 4.98 Å². The molecule has 2 aromatic rings. The third-order valence-corrected chi connectivity index (χ3v) is 3.06. The molecule has 1 N–H and O–H groups in total. The van der Waals surface area contributed by atoms with Crippen molar-refractivity contribution < 1.29 is 9.72 Å². The molecule has 0 saturated carbocycles. The third-order valence-electron chi connectivity index (χ3n) is 2.79. The lowest BCUT2D eigenvalue weighted by Gasteiger charge is -2.07. The van der Waals surface area contributed by atoms with Crippen molar-refractivity contribution in [3.63, 3.8) is 0 Å². The van der Waals surface area contributed by atoms with E-state index in [1.807, 2.05) is 29.9 Å². The summed E-state index contributed by atoms with van der Waals surface area (Å²) in [5.74, 6) is -0.567. The smallest absolute Gasteiger partial charge is 0.319 e. The average molecular weight is 295 g/mol. The van der Waals surface area contributed by atoms with Gasteiger partial charge in [-0.3, -0.25) is 14.9 Å². The van der Waals surface area contributed by atoms with Gasteiger partial charge in [-0.2, -0.15) is 0 Å². The quantitative estimate of drug-likeness (QED) is 0.530. The Balaban J connectivity index is 2.20. The van der Waals surface area contributed by atoms with E-state index < -0.39 is 16.5 Å². The number of hydrogen-bond acceptors (Lipinski definition) is 4. The summed E-state index contributed by atoms with van der Waals surface area (Å²) in [6, 6.07) is 4.95. The Kier molecular flexibility index (Phi) is 3.99. The molecule has 0 aliphatic carbocycles. The monoisotopic (exact) mass is 294 g/mol. The van der Waals surface area contributed by atoms with Crippen LogP contribution in [0.25, 0.3) is 0 Å². The highest BCUT2D eigenvalue weighted by atomic mass is 35.5. The Morgan fingerprint density at radius 1 is 1.55 bits per heavy atom. The van der Waals surface area contributed by atoms with Gasteiger partial charge in [0, 0.05) is 25.1 Å². The number of nitro groups is 1. The maximum absolute atomic E-state index is 12.0. The molecule has 104 valence electrons. The molecule has 0 saturated heterocycles. The van der Waals surface area contributed by atoms with Gasteiger partial charge in [0.1, 0.15) is 5.56 Å². The SMILES string of the molecule is Cn1cccc1CNC(=O)c1ccnc(Cl)c1[N+](=O)[O-]. The summed E-state index contributed by atoms with van der Waals surface area (Å²) in [5, 5.41) is 13.2. The van der Waals surface area contributed by atoms with Crippen molar-refractivity contribution in [3.8, 4) is 0 Å². The van der Waals surface area contributed by atoms with Gasteiger partial charge < -0.3 is 9.88 Å². The Morgan fingerprint density at radius 3 is 2.90 bits per heavy atom. The fraction of sp³-hybridized carbons (Fsp3) is 0.167. The summed E-state index contributed by atoms with van der Waals surface area (Å²) < 4.78 is 1.84. The average Bonchev–Trinajstić information content (AvgIpc) is 2.80. The maximum atomic E-state index is 12.0. The fourth-order valence-electron chi connectivity index (χ4n) is 1.73. The molecule has 0 radical (unpaired) electrons. The van der Waals surface area contributed by atoms with Crippen LogP contribution in [0.1, 0.15) is 16.1 Å². The predicted molar refractivity (Wildman–Crippen MR) is 72.5 cm³/mol. The second-order valence-corrected chi connectivity index (χ2v) is 4.41. The van der Waals surface area contributed by atoms with Gasteiger partial charge in [-0.1, -0.05) is 11.6 Å². The first-order valence-corrected chi connectivity index (χ1v) is 6.06. The van der Waals surface area contributed by atoms with Crippen molar-refractivity contribution in [3.05, 3.63) is 57.1 Å². The van der Waals surface area contributed by atoms with E-state index in [0.29, 0.717) is 0 Å². The zero-order chi connectivity index (χ0) is 14.7. The van der Waals surface area contributed by atoms with Crippen LogP contribution in [0.4, 0.5) is 5.69 Å². The highest BCUT2D eigenvalue weighted by molar-refractivity contribution is 6.32. The molecular formula is C12H11ClN4O3. The lowest BCUT2D eigenvalue weighted by atomic mass is 10.2. The van der Waals surface area contributed by atoms with Gasteiger partial charge in [0.15, 0.2) is 0 Å². The summed E-state index contributed by atoms with van der Waals surface area (Å²) in [7, 11) is 1.84. The number of pyridine rings is 1. The molecule has 0 aliphatic heterocycles. The number of aromatic nitrogens is 2. The Bertz CT molecular complexity index is 668. The number of nitrogens with one attached hydrogen (secondary N) is 1. The molecule has 0 atom stereocenters. The molecular weight excluding hydrogens is 284 g/mol. The molecule has 7 nitrogen and oxygen atoms in total. The van der Waals surface area contributed by atoms with Crippen LogP contribution in [-0.2, 0) is 13.6 Å². The lowest BCUT2D eigenvalue weighted by Crippen LogP contribution is -2.24. The van der Waals surface area contributed by atoms with Crippen molar-refractivity contribution in [2.45, 2.75) is 6.54 Å². The number of rotatable bonds is 4.